The monoisotopic (exact) mass is 580 g/mol. The number of carbonyl (C=O) groups excluding carboxylic acids is 1. The normalized spacial score (nSPS) is 19.6. The number of benzene rings is 3. The van der Waals surface area contributed by atoms with E-state index in [0.29, 0.717) is 30.9 Å². The molecule has 0 bridgehead atoms. The highest BCUT2D eigenvalue weighted by atomic mass is 19.1. The van der Waals surface area contributed by atoms with E-state index in [1.165, 1.54) is 24.3 Å². The molecule has 2 aliphatic heterocycles. The molecule has 2 heterocycles. The van der Waals surface area contributed by atoms with Crippen molar-refractivity contribution in [2.75, 3.05) is 31.8 Å². The van der Waals surface area contributed by atoms with Crippen LogP contribution in [0.25, 0.3) is 0 Å². The highest BCUT2D eigenvalue weighted by Gasteiger charge is 2.49. The summed E-state index contributed by atoms with van der Waals surface area (Å²) in [6, 6.07) is 11.6. The number of aryl methyl sites for hydroxylation is 2. The summed E-state index contributed by atoms with van der Waals surface area (Å²) in [4.78, 5) is 28.0. The second-order valence-corrected chi connectivity index (χ2v) is 10.4. The van der Waals surface area contributed by atoms with Crippen molar-refractivity contribution < 1.29 is 37.7 Å². The van der Waals surface area contributed by atoms with Crippen LogP contribution in [0.5, 0.6) is 17.2 Å². The number of likely N-dealkylation sites (tertiary alicyclic amines) is 1. The van der Waals surface area contributed by atoms with E-state index < -0.39 is 35.5 Å². The second kappa shape index (κ2) is 12.4. The van der Waals surface area contributed by atoms with Gasteiger partial charge in [0.05, 0.1) is 25.1 Å². The van der Waals surface area contributed by atoms with E-state index in [0.717, 1.165) is 16.8 Å². The van der Waals surface area contributed by atoms with E-state index in [2.05, 4.69) is 5.32 Å². The molecule has 0 saturated carbocycles. The average Bonchev–Trinajstić information content (AvgIpc) is 3.57. The molecule has 2 aliphatic rings. The minimum absolute atomic E-state index is 0.00563. The molecule has 0 radical (unpaired) electrons. The maximum Gasteiger partial charge on any atom is 0.309 e. The van der Waals surface area contributed by atoms with Gasteiger partial charge in [0.15, 0.2) is 11.5 Å². The van der Waals surface area contributed by atoms with Gasteiger partial charge in [-0.15, -0.1) is 0 Å². The number of nitrogens with zero attached hydrogens (tertiary/aromatic N) is 1. The highest BCUT2D eigenvalue weighted by Crippen LogP contribution is 2.49. The first-order valence-electron chi connectivity index (χ1n) is 14.1. The van der Waals surface area contributed by atoms with Crippen LogP contribution in [0.1, 0.15) is 55.0 Å². The van der Waals surface area contributed by atoms with E-state index in [1.807, 2.05) is 32.0 Å². The molecular weight excluding hydrogens is 546 g/mol. The third-order valence-corrected chi connectivity index (χ3v) is 7.99. The maximum atomic E-state index is 15.6. The molecule has 0 spiro atoms. The Hall–Kier alpha value is -4.18. The van der Waals surface area contributed by atoms with E-state index in [9.17, 15) is 14.7 Å². The smallest absolute Gasteiger partial charge is 0.309 e. The van der Waals surface area contributed by atoms with Crippen molar-refractivity contribution >= 4 is 17.6 Å². The minimum atomic E-state index is -1.27. The standard InChI is InChI=1S/C32H34F2N2O6/c1-4-18-8-7-9-19(5-2)30(18)35-28(37)16-36-15-23(22-13-26-27(14-25(22)34)42-17-41-26)29(32(38)39)31(36)21-11-10-20(40-6-3)12-24(21)33/h7-14,23,29,31H,4-6,15-17H2,1-3H3,(H,35,37)(H,38,39)/t23-,29?,31+/m1/s1. The first kappa shape index (κ1) is 29.3. The predicted molar refractivity (Wildman–Crippen MR) is 152 cm³/mol. The summed E-state index contributed by atoms with van der Waals surface area (Å²) >= 11 is 0. The molecule has 3 aromatic carbocycles. The van der Waals surface area contributed by atoms with Crippen LogP contribution in [-0.2, 0) is 22.4 Å². The van der Waals surface area contributed by atoms with Gasteiger partial charge in [0.25, 0.3) is 0 Å². The molecule has 1 saturated heterocycles. The third kappa shape index (κ3) is 5.63. The Morgan fingerprint density at radius 3 is 2.26 bits per heavy atom. The van der Waals surface area contributed by atoms with Crippen LogP contribution in [0.3, 0.4) is 0 Å². The highest BCUT2D eigenvalue weighted by molar-refractivity contribution is 5.94. The first-order chi connectivity index (χ1) is 20.2. The van der Waals surface area contributed by atoms with E-state index in [-0.39, 0.29) is 42.7 Å². The van der Waals surface area contributed by atoms with Crippen LogP contribution in [0.4, 0.5) is 14.5 Å². The van der Waals surface area contributed by atoms with Gasteiger partial charge in [0.1, 0.15) is 17.4 Å². The Bertz CT molecular complexity index is 1470. The topological polar surface area (TPSA) is 97.3 Å². The number of para-hydroxylation sites is 1. The van der Waals surface area contributed by atoms with Crippen molar-refractivity contribution in [1.29, 1.82) is 0 Å². The molecule has 3 atom stereocenters. The number of rotatable bonds is 10. The number of nitrogens with one attached hydrogen (secondary N) is 1. The molecule has 1 fully saturated rings. The fourth-order valence-electron chi connectivity index (χ4n) is 6.07. The zero-order valence-corrected chi connectivity index (χ0v) is 23.8. The summed E-state index contributed by atoms with van der Waals surface area (Å²) in [6.07, 6.45) is 1.42. The molecule has 2 N–H and O–H groups in total. The van der Waals surface area contributed by atoms with Crippen molar-refractivity contribution in [3.05, 3.63) is 82.4 Å². The third-order valence-electron chi connectivity index (χ3n) is 7.99. The molecule has 1 unspecified atom stereocenters. The fraction of sp³-hybridized carbons (Fsp3) is 0.375. The number of carbonyl (C=O) groups is 2. The summed E-state index contributed by atoms with van der Waals surface area (Å²) in [6.45, 7) is 5.79. The summed E-state index contributed by atoms with van der Waals surface area (Å²) in [5.41, 5.74) is 2.87. The zero-order valence-electron chi connectivity index (χ0n) is 23.8. The Kier molecular flexibility index (Phi) is 8.63. The summed E-state index contributed by atoms with van der Waals surface area (Å²) in [5, 5.41) is 13.5. The fourth-order valence-corrected chi connectivity index (χ4v) is 6.07. The van der Waals surface area contributed by atoms with Gasteiger partial charge in [-0.1, -0.05) is 38.1 Å². The molecule has 222 valence electrons. The molecule has 1 amide bonds. The average molecular weight is 581 g/mol. The lowest BCUT2D eigenvalue weighted by Gasteiger charge is -2.27. The molecule has 5 rings (SSSR count). The number of fused-ring (bicyclic) bond motifs is 1. The molecular formula is C32H34F2N2O6. The van der Waals surface area contributed by atoms with E-state index in [1.54, 1.807) is 17.9 Å². The predicted octanol–water partition coefficient (Wildman–Crippen LogP) is 5.70. The number of ether oxygens (including phenoxy) is 3. The number of amides is 1. The van der Waals surface area contributed by atoms with Gasteiger partial charge in [0.2, 0.25) is 12.7 Å². The maximum absolute atomic E-state index is 15.6. The molecule has 8 nitrogen and oxygen atoms in total. The molecule has 10 heteroatoms. The first-order valence-corrected chi connectivity index (χ1v) is 14.1. The van der Waals surface area contributed by atoms with Gasteiger partial charge in [-0.05, 0) is 48.6 Å². The lowest BCUT2D eigenvalue weighted by atomic mass is 9.82. The number of hydrogen-bond acceptors (Lipinski definition) is 6. The molecule has 42 heavy (non-hydrogen) atoms. The van der Waals surface area contributed by atoms with E-state index >= 15 is 8.78 Å². The van der Waals surface area contributed by atoms with Gasteiger partial charge in [-0.25, -0.2) is 8.78 Å². The largest absolute Gasteiger partial charge is 0.494 e. The summed E-state index contributed by atoms with van der Waals surface area (Å²) in [5.74, 6) is -4.28. The van der Waals surface area contributed by atoms with E-state index in [4.69, 9.17) is 14.2 Å². The lowest BCUT2D eigenvalue weighted by Crippen LogP contribution is -2.35. The van der Waals surface area contributed by atoms with Crippen LogP contribution >= 0.6 is 0 Å². The lowest BCUT2D eigenvalue weighted by molar-refractivity contribution is -0.143. The Morgan fingerprint density at radius 2 is 1.64 bits per heavy atom. The Balaban J connectivity index is 1.54. The second-order valence-electron chi connectivity index (χ2n) is 10.4. The van der Waals surface area contributed by atoms with Crippen LogP contribution in [-0.4, -0.2) is 48.4 Å². The number of hydrogen-bond donors (Lipinski definition) is 2. The number of halogens is 2. The summed E-state index contributed by atoms with van der Waals surface area (Å²) < 4.78 is 47.1. The quantitative estimate of drug-likeness (QED) is 0.318. The van der Waals surface area contributed by atoms with Crippen molar-refractivity contribution in [3.63, 3.8) is 0 Å². The SMILES string of the molecule is CCOc1ccc([C@H]2C(C(=O)O)[C@@H](c3cc4c(cc3F)OCO4)CN2CC(=O)Nc2c(CC)cccc2CC)c(F)c1. The van der Waals surface area contributed by atoms with Crippen molar-refractivity contribution in [3.8, 4) is 17.2 Å². The van der Waals surface area contributed by atoms with Crippen LogP contribution < -0.4 is 19.5 Å². The molecule has 0 aromatic heterocycles. The number of carboxylic acids is 1. The summed E-state index contributed by atoms with van der Waals surface area (Å²) in [7, 11) is 0. The van der Waals surface area contributed by atoms with Crippen molar-refractivity contribution in [1.82, 2.24) is 4.90 Å². The van der Waals surface area contributed by atoms with Crippen LogP contribution in [0.15, 0.2) is 48.5 Å². The number of anilines is 1. The van der Waals surface area contributed by atoms with Gasteiger partial charge in [0, 0.05) is 35.8 Å². The van der Waals surface area contributed by atoms with Crippen molar-refractivity contribution in [2.24, 2.45) is 5.92 Å². The molecule has 0 aliphatic carbocycles. The van der Waals surface area contributed by atoms with Crippen LogP contribution in [0.2, 0.25) is 0 Å². The van der Waals surface area contributed by atoms with Crippen molar-refractivity contribution in [2.45, 2.75) is 45.6 Å². The van der Waals surface area contributed by atoms with Gasteiger partial charge in [-0.3, -0.25) is 14.5 Å². The Morgan fingerprint density at radius 1 is 0.976 bits per heavy atom. The molecule has 3 aromatic rings. The zero-order chi connectivity index (χ0) is 30.0. The Labute approximate surface area is 243 Å². The van der Waals surface area contributed by atoms with Gasteiger partial charge in [-0.2, -0.15) is 0 Å². The number of aliphatic carboxylic acids is 1. The van der Waals surface area contributed by atoms with Gasteiger partial charge < -0.3 is 24.6 Å². The van der Waals surface area contributed by atoms with Gasteiger partial charge >= 0.3 is 5.97 Å². The number of carboxylic acid groups (broad SMARTS) is 1. The minimum Gasteiger partial charge on any atom is -0.494 e. The van der Waals surface area contributed by atoms with Crippen LogP contribution in [0, 0.1) is 17.6 Å².